The number of hydrogen-bond donors (Lipinski definition) is 3. The van der Waals surface area contributed by atoms with E-state index in [4.69, 9.17) is 28.3 Å². The van der Waals surface area contributed by atoms with Crippen LogP contribution in [0.5, 0.6) is 0 Å². The predicted molar refractivity (Wildman–Crippen MR) is 150 cm³/mol. The lowest BCUT2D eigenvalue weighted by Crippen LogP contribution is -2.27. The Morgan fingerprint density at radius 2 is 2.13 bits per heavy atom. The molecule has 0 radical (unpaired) electrons. The molecule has 10 nitrogen and oxygen atoms in total. The minimum absolute atomic E-state index is 0.230. The second-order valence-electron chi connectivity index (χ2n) is 9.88. The first-order valence-electron chi connectivity index (χ1n) is 12.2. The highest BCUT2D eigenvalue weighted by atomic mass is 35.5. The fourth-order valence-electron chi connectivity index (χ4n) is 5.20. The molecule has 1 fully saturated rings. The summed E-state index contributed by atoms with van der Waals surface area (Å²) in [4.78, 5) is 24.6. The number of carbonyl (C=O) groups excluding carboxylic acids is 1. The van der Waals surface area contributed by atoms with Crippen molar-refractivity contribution in [1.29, 1.82) is 0 Å². The van der Waals surface area contributed by atoms with Crippen molar-refractivity contribution in [2.75, 3.05) is 25.5 Å². The monoisotopic (exact) mass is 611 g/mol. The number of carbonyl (C=O) groups is 1. The van der Waals surface area contributed by atoms with Gasteiger partial charge in [-0.05, 0) is 49.6 Å². The quantitative estimate of drug-likeness (QED) is 0.325. The summed E-state index contributed by atoms with van der Waals surface area (Å²) in [7, 11) is -2.05. The highest BCUT2D eigenvalue weighted by Crippen LogP contribution is 2.43. The number of nitrogens with one attached hydrogen (secondary N) is 1. The SMILES string of the molecule is CN1CCc2ccc(Cl)c(-c3cc(C(=O)c4cncnc4N[C@@H]4C[C@H](COS(N)(=O)=O)[C@@H](O)C4)sc3Cl)c2C1. The third kappa shape index (κ3) is 6.28. The van der Waals surface area contributed by atoms with Gasteiger partial charge in [0.1, 0.15) is 16.5 Å². The van der Waals surface area contributed by atoms with E-state index in [1.165, 1.54) is 29.4 Å². The number of ketones is 1. The normalized spacial score (nSPS) is 21.6. The average molecular weight is 613 g/mol. The summed E-state index contributed by atoms with van der Waals surface area (Å²) in [6, 6.07) is 5.42. The van der Waals surface area contributed by atoms with Crippen LogP contribution in [0.1, 0.15) is 39.2 Å². The molecule has 208 valence electrons. The van der Waals surface area contributed by atoms with Gasteiger partial charge in [-0.1, -0.05) is 29.3 Å². The van der Waals surface area contributed by atoms with Gasteiger partial charge >= 0.3 is 10.3 Å². The van der Waals surface area contributed by atoms with Crippen LogP contribution < -0.4 is 10.5 Å². The van der Waals surface area contributed by atoms with Gasteiger partial charge in [-0.3, -0.25) is 8.98 Å². The van der Waals surface area contributed by atoms with Crippen molar-refractivity contribution in [2.24, 2.45) is 11.1 Å². The Hall–Kier alpha value is -2.16. The molecule has 1 aromatic carbocycles. The molecule has 1 aliphatic carbocycles. The van der Waals surface area contributed by atoms with E-state index in [1.807, 2.05) is 12.1 Å². The predicted octanol–water partition coefficient (Wildman–Crippen LogP) is 3.50. The molecule has 3 aromatic rings. The molecule has 5 rings (SSSR count). The Morgan fingerprint density at radius 1 is 1.33 bits per heavy atom. The standard InChI is InChI=1S/C25H27Cl2N5O5S2/c1-32-5-4-13-2-3-19(26)22(18(13)10-32)16-8-21(38-24(16)27)23(34)17-9-29-12-30-25(17)31-15-6-14(20(33)7-15)11-37-39(28,35)36/h2-3,8-9,12,14-15,20,33H,4-7,10-11H2,1H3,(H2,28,35,36)(H,29,30,31)/t14-,15-,20+/m1/s1. The van der Waals surface area contributed by atoms with E-state index < -0.39 is 22.3 Å². The summed E-state index contributed by atoms with van der Waals surface area (Å²) in [5.41, 5.74) is 4.14. The number of aliphatic hydroxyl groups excluding tert-OH is 1. The van der Waals surface area contributed by atoms with Crippen molar-refractivity contribution in [1.82, 2.24) is 14.9 Å². The van der Waals surface area contributed by atoms with E-state index in [-0.39, 0.29) is 24.0 Å². The second kappa shape index (κ2) is 11.4. The molecule has 3 heterocycles. The van der Waals surface area contributed by atoms with Crippen LogP contribution in [-0.2, 0) is 27.5 Å². The van der Waals surface area contributed by atoms with Crippen LogP contribution in [0, 0.1) is 5.92 Å². The van der Waals surface area contributed by atoms with Crippen molar-refractivity contribution in [3.63, 3.8) is 0 Å². The number of nitrogens with two attached hydrogens (primary N) is 1. The highest BCUT2D eigenvalue weighted by Gasteiger charge is 2.35. The molecule has 0 amide bonds. The van der Waals surface area contributed by atoms with E-state index >= 15 is 0 Å². The van der Waals surface area contributed by atoms with Gasteiger partial charge in [-0.15, -0.1) is 11.3 Å². The molecule has 1 aliphatic heterocycles. The molecule has 39 heavy (non-hydrogen) atoms. The van der Waals surface area contributed by atoms with Gasteiger partial charge in [0.05, 0.1) is 23.2 Å². The Balaban J connectivity index is 1.39. The lowest BCUT2D eigenvalue weighted by Gasteiger charge is -2.27. The average Bonchev–Trinajstić information content (AvgIpc) is 3.43. The first kappa shape index (κ1) is 28.4. The molecule has 3 atom stereocenters. The van der Waals surface area contributed by atoms with Crippen LogP contribution in [0.25, 0.3) is 11.1 Å². The van der Waals surface area contributed by atoms with Crippen LogP contribution in [0.3, 0.4) is 0 Å². The molecule has 0 bridgehead atoms. The van der Waals surface area contributed by atoms with E-state index in [1.54, 1.807) is 6.07 Å². The number of aromatic nitrogens is 2. The Bertz CT molecular complexity index is 1520. The lowest BCUT2D eigenvalue weighted by molar-refractivity contribution is 0.101. The van der Waals surface area contributed by atoms with Gasteiger partial charge in [-0.2, -0.15) is 8.42 Å². The number of hydrogen-bond acceptors (Lipinski definition) is 10. The molecule has 4 N–H and O–H groups in total. The topological polar surface area (TPSA) is 148 Å². The maximum absolute atomic E-state index is 13.6. The Morgan fingerprint density at radius 3 is 2.90 bits per heavy atom. The summed E-state index contributed by atoms with van der Waals surface area (Å²) >= 11 is 14.5. The first-order valence-corrected chi connectivity index (χ1v) is 15.3. The van der Waals surface area contributed by atoms with Crippen molar-refractivity contribution in [3.8, 4) is 11.1 Å². The number of halogens is 2. The van der Waals surface area contributed by atoms with E-state index in [9.17, 15) is 18.3 Å². The summed E-state index contributed by atoms with van der Waals surface area (Å²) in [6.45, 7) is 1.46. The Kier molecular flexibility index (Phi) is 8.28. The largest absolute Gasteiger partial charge is 0.393 e. The smallest absolute Gasteiger partial charge is 0.333 e. The van der Waals surface area contributed by atoms with Crippen molar-refractivity contribution in [3.05, 3.63) is 61.6 Å². The minimum Gasteiger partial charge on any atom is -0.393 e. The van der Waals surface area contributed by atoms with Gasteiger partial charge in [0.25, 0.3) is 0 Å². The van der Waals surface area contributed by atoms with Gasteiger partial charge in [-0.25, -0.2) is 15.1 Å². The van der Waals surface area contributed by atoms with Crippen molar-refractivity contribution in [2.45, 2.75) is 38.0 Å². The first-order chi connectivity index (χ1) is 18.5. The van der Waals surface area contributed by atoms with Crippen molar-refractivity contribution < 1.29 is 22.5 Å². The molecule has 0 saturated heterocycles. The number of thiophene rings is 1. The molecule has 2 aliphatic rings. The zero-order valence-corrected chi connectivity index (χ0v) is 24.1. The van der Waals surface area contributed by atoms with Crippen LogP contribution in [0.2, 0.25) is 9.36 Å². The summed E-state index contributed by atoms with van der Waals surface area (Å²) in [6.07, 6.45) is 3.58. The van der Waals surface area contributed by atoms with Gasteiger partial charge in [0.2, 0.25) is 5.78 Å². The fraction of sp³-hybridized carbons (Fsp3) is 0.400. The minimum atomic E-state index is -4.11. The molecular weight excluding hydrogens is 585 g/mol. The molecule has 0 unspecified atom stereocenters. The number of fused-ring (bicyclic) bond motifs is 1. The Labute approximate surface area is 240 Å². The second-order valence-corrected chi connectivity index (χ2v) is 13.2. The number of anilines is 1. The van der Waals surface area contributed by atoms with E-state index in [0.717, 1.165) is 30.6 Å². The maximum Gasteiger partial charge on any atom is 0.333 e. The molecule has 0 spiro atoms. The van der Waals surface area contributed by atoms with Crippen LogP contribution in [0.4, 0.5) is 5.82 Å². The third-order valence-corrected chi connectivity index (χ3v) is 9.27. The number of aliphatic hydroxyl groups is 1. The maximum atomic E-state index is 13.6. The third-order valence-electron chi connectivity index (χ3n) is 7.13. The number of nitrogens with zero attached hydrogens (tertiary/aromatic N) is 3. The summed E-state index contributed by atoms with van der Waals surface area (Å²) < 4.78 is 27.4. The zero-order valence-electron chi connectivity index (χ0n) is 20.9. The van der Waals surface area contributed by atoms with Crippen LogP contribution >= 0.6 is 34.5 Å². The molecular formula is C25H27Cl2N5O5S2. The van der Waals surface area contributed by atoms with Gasteiger partial charge in [0, 0.05) is 47.4 Å². The van der Waals surface area contributed by atoms with E-state index in [2.05, 4.69) is 31.4 Å². The number of likely N-dealkylation sites (N-methyl/N-ethyl adjacent to an activating group) is 1. The van der Waals surface area contributed by atoms with Crippen molar-refractivity contribution >= 4 is 56.4 Å². The molecule has 2 aromatic heterocycles. The molecule has 14 heteroatoms. The highest BCUT2D eigenvalue weighted by molar-refractivity contribution is 7.84. The lowest BCUT2D eigenvalue weighted by atomic mass is 9.92. The molecule has 1 saturated carbocycles. The number of rotatable bonds is 8. The van der Waals surface area contributed by atoms with Gasteiger partial charge in [0.15, 0.2) is 0 Å². The zero-order chi connectivity index (χ0) is 27.9. The number of benzene rings is 1. The van der Waals surface area contributed by atoms with Crippen LogP contribution in [0.15, 0.2) is 30.7 Å². The summed E-state index contributed by atoms with van der Waals surface area (Å²) in [5.74, 6) is -0.439. The van der Waals surface area contributed by atoms with Crippen LogP contribution in [-0.4, -0.2) is 66.5 Å². The van der Waals surface area contributed by atoms with Gasteiger partial charge < -0.3 is 15.3 Å². The summed E-state index contributed by atoms with van der Waals surface area (Å²) in [5, 5.41) is 19.1. The van der Waals surface area contributed by atoms with E-state index in [0.29, 0.717) is 38.5 Å². The fourth-order valence-corrected chi connectivity index (χ4v) is 7.08.